The van der Waals surface area contributed by atoms with E-state index < -0.39 is 18.5 Å². The van der Waals surface area contributed by atoms with E-state index in [2.05, 4.69) is 23.7 Å². The summed E-state index contributed by atoms with van der Waals surface area (Å²) in [4.78, 5) is 21.8. The molecule has 0 aliphatic carbocycles. The quantitative estimate of drug-likeness (QED) is 0.637. The van der Waals surface area contributed by atoms with E-state index in [0.29, 0.717) is 23.2 Å². The van der Waals surface area contributed by atoms with Gasteiger partial charge < -0.3 is 10.5 Å². The molecule has 1 amide bonds. The zero-order valence-corrected chi connectivity index (χ0v) is 12.5. The zero-order chi connectivity index (χ0) is 15.3. The van der Waals surface area contributed by atoms with Gasteiger partial charge >= 0.3 is 5.97 Å². The van der Waals surface area contributed by atoms with Gasteiger partial charge in [0.15, 0.2) is 6.61 Å². The average Bonchev–Trinajstić information content (AvgIpc) is 2.59. The summed E-state index contributed by atoms with van der Waals surface area (Å²) in [6, 6.07) is 0. The molecule has 0 bridgehead atoms. The molecule has 7 heteroatoms. The van der Waals surface area contributed by atoms with Crippen LogP contribution in [-0.4, -0.2) is 28.3 Å². The van der Waals surface area contributed by atoms with E-state index in [-0.39, 0.29) is 0 Å². The Morgan fingerprint density at radius 1 is 1.50 bits per heavy atom. The van der Waals surface area contributed by atoms with E-state index in [1.165, 1.54) is 12.2 Å². The lowest BCUT2D eigenvalue weighted by molar-refractivity contribution is -0.142. The lowest BCUT2D eigenvalue weighted by atomic mass is 10.2. The van der Waals surface area contributed by atoms with Crippen molar-refractivity contribution in [3.63, 3.8) is 0 Å². The molecule has 0 saturated carbocycles. The van der Waals surface area contributed by atoms with Crippen LogP contribution in [0.5, 0.6) is 0 Å². The second kappa shape index (κ2) is 7.09. The van der Waals surface area contributed by atoms with E-state index in [1.807, 2.05) is 0 Å². The highest BCUT2D eigenvalue weighted by Gasteiger charge is 2.12. The Bertz CT molecular complexity index is 535. The van der Waals surface area contributed by atoms with Gasteiger partial charge in [0.05, 0.1) is 5.69 Å². The fourth-order valence-electron chi connectivity index (χ4n) is 1.57. The van der Waals surface area contributed by atoms with Crippen molar-refractivity contribution in [1.29, 1.82) is 0 Å². The first-order chi connectivity index (χ1) is 9.31. The van der Waals surface area contributed by atoms with Crippen LogP contribution in [0.2, 0.25) is 5.15 Å². The third-order valence-electron chi connectivity index (χ3n) is 2.39. The summed E-state index contributed by atoms with van der Waals surface area (Å²) in [6.45, 7) is 6.17. The van der Waals surface area contributed by atoms with E-state index in [1.54, 1.807) is 11.6 Å². The monoisotopic (exact) mass is 299 g/mol. The minimum absolute atomic E-state index is 0.407. The van der Waals surface area contributed by atoms with Crippen molar-refractivity contribution in [2.24, 2.45) is 11.7 Å². The van der Waals surface area contributed by atoms with E-state index >= 15 is 0 Å². The number of halogens is 1. The summed E-state index contributed by atoms with van der Waals surface area (Å²) in [5, 5.41) is 4.78. The summed E-state index contributed by atoms with van der Waals surface area (Å²) in [5.41, 5.74) is 6.24. The predicted octanol–water partition coefficient (Wildman–Crippen LogP) is 1.54. The van der Waals surface area contributed by atoms with Crippen LogP contribution in [0.25, 0.3) is 6.08 Å². The Morgan fingerprint density at radius 3 is 2.70 bits per heavy atom. The summed E-state index contributed by atoms with van der Waals surface area (Å²) < 4.78 is 6.30. The summed E-state index contributed by atoms with van der Waals surface area (Å²) in [7, 11) is 0. The van der Waals surface area contributed by atoms with Crippen molar-refractivity contribution in [1.82, 2.24) is 9.78 Å². The van der Waals surface area contributed by atoms with Crippen LogP contribution in [0.3, 0.4) is 0 Å². The molecule has 1 rings (SSSR count). The van der Waals surface area contributed by atoms with Crippen molar-refractivity contribution in [3.8, 4) is 0 Å². The van der Waals surface area contributed by atoms with Gasteiger partial charge in [-0.25, -0.2) is 4.79 Å². The Morgan fingerprint density at radius 2 is 2.15 bits per heavy atom. The second-order valence-electron chi connectivity index (χ2n) is 4.77. The van der Waals surface area contributed by atoms with Gasteiger partial charge in [-0.1, -0.05) is 25.4 Å². The molecule has 0 atom stereocenters. The number of primary amides is 1. The zero-order valence-electron chi connectivity index (χ0n) is 11.7. The molecular formula is C13H18ClN3O3. The molecule has 0 saturated heterocycles. The molecule has 1 aromatic rings. The van der Waals surface area contributed by atoms with Crippen LogP contribution in [0.1, 0.15) is 25.1 Å². The molecule has 0 aliphatic heterocycles. The molecule has 0 spiro atoms. The highest BCUT2D eigenvalue weighted by atomic mass is 35.5. The van der Waals surface area contributed by atoms with E-state index in [0.717, 1.165) is 5.69 Å². The first-order valence-corrected chi connectivity index (χ1v) is 6.55. The number of nitrogens with two attached hydrogens (primary N) is 1. The molecule has 20 heavy (non-hydrogen) atoms. The number of ether oxygens (including phenoxy) is 1. The Labute approximate surface area is 122 Å². The molecule has 110 valence electrons. The Balaban J connectivity index is 2.79. The van der Waals surface area contributed by atoms with Gasteiger partial charge in [-0.15, -0.1) is 0 Å². The number of nitrogens with zero attached hydrogens (tertiary/aromatic N) is 2. The number of hydrogen-bond acceptors (Lipinski definition) is 4. The van der Waals surface area contributed by atoms with Crippen molar-refractivity contribution in [2.75, 3.05) is 6.61 Å². The van der Waals surface area contributed by atoms with Gasteiger partial charge in [-0.2, -0.15) is 5.10 Å². The topological polar surface area (TPSA) is 87.2 Å². The van der Waals surface area contributed by atoms with E-state index in [9.17, 15) is 9.59 Å². The third-order valence-corrected chi connectivity index (χ3v) is 2.79. The molecule has 0 radical (unpaired) electrons. The van der Waals surface area contributed by atoms with Crippen LogP contribution in [0.4, 0.5) is 0 Å². The van der Waals surface area contributed by atoms with Gasteiger partial charge in [-0.3, -0.25) is 9.48 Å². The molecule has 1 heterocycles. The molecule has 6 nitrogen and oxygen atoms in total. The second-order valence-corrected chi connectivity index (χ2v) is 5.13. The maximum atomic E-state index is 11.3. The highest BCUT2D eigenvalue weighted by molar-refractivity contribution is 6.31. The summed E-state index contributed by atoms with van der Waals surface area (Å²) in [5.74, 6) is -0.953. The van der Waals surface area contributed by atoms with Crippen molar-refractivity contribution < 1.29 is 14.3 Å². The van der Waals surface area contributed by atoms with Crippen molar-refractivity contribution in [3.05, 3.63) is 22.5 Å². The average molecular weight is 300 g/mol. The smallest absolute Gasteiger partial charge is 0.331 e. The van der Waals surface area contributed by atoms with Gasteiger partial charge in [0.25, 0.3) is 5.91 Å². The minimum atomic E-state index is -0.703. The fraction of sp³-hybridized carbons (Fsp3) is 0.462. The number of aromatic nitrogens is 2. The summed E-state index contributed by atoms with van der Waals surface area (Å²) in [6.07, 6.45) is 2.71. The minimum Gasteiger partial charge on any atom is -0.452 e. The number of amides is 1. The van der Waals surface area contributed by atoms with Crippen LogP contribution in [-0.2, 0) is 20.9 Å². The molecule has 0 aliphatic rings. The van der Waals surface area contributed by atoms with Crippen molar-refractivity contribution >= 4 is 29.6 Å². The Kier molecular flexibility index (Phi) is 5.76. The molecular weight excluding hydrogens is 282 g/mol. The fourth-order valence-corrected chi connectivity index (χ4v) is 1.87. The number of hydrogen-bond donors (Lipinski definition) is 1. The van der Waals surface area contributed by atoms with Crippen LogP contribution >= 0.6 is 11.6 Å². The largest absolute Gasteiger partial charge is 0.452 e. The molecule has 0 fully saturated rings. The van der Waals surface area contributed by atoms with Gasteiger partial charge in [0.1, 0.15) is 5.15 Å². The highest BCUT2D eigenvalue weighted by Crippen LogP contribution is 2.22. The third kappa shape index (κ3) is 4.70. The predicted molar refractivity (Wildman–Crippen MR) is 76.0 cm³/mol. The first-order valence-electron chi connectivity index (χ1n) is 6.17. The van der Waals surface area contributed by atoms with Gasteiger partial charge in [0, 0.05) is 18.2 Å². The lowest BCUT2D eigenvalue weighted by Gasteiger charge is -2.05. The van der Waals surface area contributed by atoms with Gasteiger partial charge in [-0.05, 0) is 18.9 Å². The number of aryl methyl sites for hydroxylation is 1. The molecule has 2 N–H and O–H groups in total. The Hall–Kier alpha value is -1.82. The van der Waals surface area contributed by atoms with E-state index in [4.69, 9.17) is 17.3 Å². The van der Waals surface area contributed by atoms with Crippen LogP contribution in [0, 0.1) is 12.8 Å². The SMILES string of the molecule is Cc1nn(CC(C)C)c(Cl)c1/C=C/C(=O)OCC(N)=O. The lowest BCUT2D eigenvalue weighted by Crippen LogP contribution is -2.19. The number of carbonyl (C=O) groups is 2. The van der Waals surface area contributed by atoms with Crippen molar-refractivity contribution in [2.45, 2.75) is 27.3 Å². The van der Waals surface area contributed by atoms with Crippen LogP contribution < -0.4 is 5.73 Å². The number of carbonyl (C=O) groups excluding carboxylic acids is 2. The maximum absolute atomic E-state index is 11.3. The molecule has 0 unspecified atom stereocenters. The van der Waals surface area contributed by atoms with Gasteiger partial charge in [0.2, 0.25) is 0 Å². The number of rotatable bonds is 6. The summed E-state index contributed by atoms with van der Waals surface area (Å²) >= 11 is 6.21. The maximum Gasteiger partial charge on any atom is 0.331 e. The number of esters is 1. The normalized spacial score (nSPS) is 11.2. The molecule has 0 aromatic carbocycles. The first kappa shape index (κ1) is 16.2. The van der Waals surface area contributed by atoms with Crippen LogP contribution in [0.15, 0.2) is 6.08 Å². The molecule has 1 aromatic heterocycles. The standard InChI is InChI=1S/C13H18ClN3O3/c1-8(2)6-17-13(14)10(9(3)16-17)4-5-12(19)20-7-11(15)18/h4-5,8H,6-7H2,1-3H3,(H2,15,18)/b5-4+.